The van der Waals surface area contributed by atoms with Gasteiger partial charge in [-0.05, 0) is 92.5 Å². The Bertz CT molecular complexity index is 1750. The fraction of sp³-hybridized carbons (Fsp3) is 0.235. The van der Waals surface area contributed by atoms with Gasteiger partial charge in [0.15, 0.2) is 17.1 Å². The summed E-state index contributed by atoms with van der Waals surface area (Å²) in [5.41, 5.74) is 2.63. The Morgan fingerprint density at radius 2 is 1.64 bits per heavy atom. The van der Waals surface area contributed by atoms with E-state index in [1.807, 2.05) is 24.3 Å². The zero-order valence-electron chi connectivity index (χ0n) is 23.9. The van der Waals surface area contributed by atoms with Crippen molar-refractivity contribution < 1.29 is 23.4 Å². The number of anilines is 1. The first kappa shape index (κ1) is 28.7. The van der Waals surface area contributed by atoms with Crippen LogP contribution in [0.2, 0.25) is 0 Å². The summed E-state index contributed by atoms with van der Waals surface area (Å²) < 4.78 is 22.6. The zero-order chi connectivity index (χ0) is 29.5. The molecule has 5 rings (SSSR count). The molecule has 0 aliphatic heterocycles. The van der Waals surface area contributed by atoms with Crippen LogP contribution in [0.3, 0.4) is 0 Å². The minimum atomic E-state index is -0.360. The minimum Gasteiger partial charge on any atom is -0.494 e. The van der Waals surface area contributed by atoms with E-state index in [9.17, 15) is 9.59 Å². The highest BCUT2D eigenvalue weighted by Gasteiger charge is 2.16. The first-order valence-corrected chi connectivity index (χ1v) is 13.9. The predicted octanol–water partition coefficient (Wildman–Crippen LogP) is 6.21. The monoisotopic (exact) mass is 566 g/mol. The molecule has 1 unspecified atom stereocenters. The summed E-state index contributed by atoms with van der Waals surface area (Å²) in [5.74, 6) is 1.81. The number of nitrogens with one attached hydrogen (secondary N) is 2. The largest absolute Gasteiger partial charge is 0.494 e. The van der Waals surface area contributed by atoms with Crippen molar-refractivity contribution in [2.24, 2.45) is 0 Å². The molecule has 0 aliphatic rings. The average Bonchev–Trinajstić information content (AvgIpc) is 3.01. The molecule has 1 atom stereocenters. The first-order chi connectivity index (χ1) is 20.5. The molecule has 4 aromatic carbocycles. The van der Waals surface area contributed by atoms with Gasteiger partial charge in [0.1, 0.15) is 11.3 Å². The summed E-state index contributed by atoms with van der Waals surface area (Å²) in [5, 5.41) is 7.27. The summed E-state index contributed by atoms with van der Waals surface area (Å²) in [7, 11) is 3.27. The van der Waals surface area contributed by atoms with E-state index in [4.69, 9.17) is 18.6 Å². The van der Waals surface area contributed by atoms with E-state index in [-0.39, 0.29) is 16.9 Å². The molecule has 1 heterocycles. The Balaban J connectivity index is 1.10. The quantitative estimate of drug-likeness (QED) is 0.137. The fourth-order valence-electron chi connectivity index (χ4n) is 4.88. The number of ether oxygens (including phenoxy) is 3. The van der Waals surface area contributed by atoms with Crippen molar-refractivity contribution >= 4 is 33.5 Å². The van der Waals surface area contributed by atoms with Gasteiger partial charge in [0, 0.05) is 11.7 Å². The van der Waals surface area contributed by atoms with E-state index in [0.717, 1.165) is 30.9 Å². The number of hydrogen-bond acceptors (Lipinski definition) is 7. The lowest BCUT2D eigenvalue weighted by atomic mass is 10.1. The van der Waals surface area contributed by atoms with Gasteiger partial charge >= 0.3 is 0 Å². The van der Waals surface area contributed by atoms with E-state index >= 15 is 0 Å². The van der Waals surface area contributed by atoms with E-state index in [0.29, 0.717) is 46.0 Å². The van der Waals surface area contributed by atoms with Crippen LogP contribution in [0.4, 0.5) is 5.69 Å². The molecule has 0 bridgehead atoms. The molecule has 8 heteroatoms. The van der Waals surface area contributed by atoms with Crippen LogP contribution in [-0.4, -0.2) is 39.3 Å². The third-order valence-electron chi connectivity index (χ3n) is 7.03. The molecule has 216 valence electrons. The molecule has 2 N–H and O–H groups in total. The predicted molar refractivity (Wildman–Crippen MR) is 165 cm³/mol. The molecule has 1 aromatic heterocycles. The summed E-state index contributed by atoms with van der Waals surface area (Å²) in [4.78, 5) is 26.0. The highest BCUT2D eigenvalue weighted by molar-refractivity contribution is 6.12. The Hall–Kier alpha value is -4.82. The number of hydrogen-bond donors (Lipinski definition) is 2. The van der Waals surface area contributed by atoms with Crippen LogP contribution in [0.25, 0.3) is 21.9 Å². The van der Waals surface area contributed by atoms with E-state index < -0.39 is 0 Å². The average molecular weight is 567 g/mol. The fourth-order valence-corrected chi connectivity index (χ4v) is 4.88. The topological polar surface area (TPSA) is 99.0 Å². The van der Waals surface area contributed by atoms with E-state index in [2.05, 4.69) is 23.6 Å². The second-order valence-corrected chi connectivity index (χ2v) is 10.0. The van der Waals surface area contributed by atoms with Crippen molar-refractivity contribution in [3.63, 3.8) is 0 Å². The molecule has 5 aromatic rings. The number of methoxy groups -OCH3 is 2. The van der Waals surface area contributed by atoms with Crippen LogP contribution in [0, 0.1) is 0 Å². The molecular formula is C34H34N2O6. The Morgan fingerprint density at radius 1 is 0.881 bits per heavy atom. The molecule has 8 nitrogen and oxygen atoms in total. The SMILES string of the molecule is COc1ccc(CC(C)NCCCOc2ccc(NC(=O)c3cccc4c(=O)c5ccccc5oc34)cc2)cc1OC. The van der Waals surface area contributed by atoms with Gasteiger partial charge in [0.05, 0.1) is 37.2 Å². The second kappa shape index (κ2) is 13.2. The van der Waals surface area contributed by atoms with Crippen LogP contribution in [-0.2, 0) is 6.42 Å². The van der Waals surface area contributed by atoms with Crippen LogP contribution >= 0.6 is 0 Å². The maximum absolute atomic E-state index is 13.1. The Morgan fingerprint density at radius 3 is 2.43 bits per heavy atom. The standard InChI is InChI=1S/C34H34N2O6/c1-22(20-23-12-17-30(39-2)31(21-23)40-3)35-18-7-19-41-25-15-13-24(14-16-25)36-34(38)28-10-6-9-27-32(37)26-8-4-5-11-29(26)42-33(27)28/h4-6,8-17,21-22,35H,7,18-20H2,1-3H3,(H,36,38). The third kappa shape index (κ3) is 6.56. The van der Waals surface area contributed by atoms with Gasteiger partial charge in [-0.3, -0.25) is 9.59 Å². The maximum atomic E-state index is 13.1. The van der Waals surface area contributed by atoms with Gasteiger partial charge in [-0.1, -0.05) is 24.3 Å². The Labute approximate surface area is 244 Å². The minimum absolute atomic E-state index is 0.162. The maximum Gasteiger partial charge on any atom is 0.259 e. The summed E-state index contributed by atoms with van der Waals surface area (Å²) in [6.07, 6.45) is 1.71. The number of rotatable bonds is 12. The lowest BCUT2D eigenvalue weighted by Crippen LogP contribution is -2.29. The molecule has 1 amide bonds. The first-order valence-electron chi connectivity index (χ1n) is 13.9. The second-order valence-electron chi connectivity index (χ2n) is 10.0. The van der Waals surface area contributed by atoms with Crippen molar-refractivity contribution in [1.29, 1.82) is 0 Å². The van der Waals surface area contributed by atoms with Crippen molar-refractivity contribution in [3.05, 3.63) is 106 Å². The summed E-state index contributed by atoms with van der Waals surface area (Å²) in [6.45, 7) is 3.53. The highest BCUT2D eigenvalue weighted by atomic mass is 16.5. The van der Waals surface area contributed by atoms with E-state index in [1.54, 1.807) is 68.8 Å². The van der Waals surface area contributed by atoms with Crippen molar-refractivity contribution in [1.82, 2.24) is 5.32 Å². The lowest BCUT2D eigenvalue weighted by molar-refractivity contribution is 0.102. The van der Waals surface area contributed by atoms with Crippen LogP contribution in [0.15, 0.2) is 94.1 Å². The zero-order valence-corrected chi connectivity index (χ0v) is 23.9. The molecule has 0 aliphatic carbocycles. The number of fused-ring (bicyclic) bond motifs is 2. The number of amides is 1. The van der Waals surface area contributed by atoms with Crippen LogP contribution in [0.5, 0.6) is 17.2 Å². The highest BCUT2D eigenvalue weighted by Crippen LogP contribution is 2.28. The lowest BCUT2D eigenvalue weighted by Gasteiger charge is -2.15. The number of carbonyl (C=O) groups excluding carboxylic acids is 1. The Kier molecular flexibility index (Phi) is 9.04. The molecule has 0 radical (unpaired) electrons. The molecule has 0 saturated heterocycles. The normalized spacial score (nSPS) is 11.8. The van der Waals surface area contributed by atoms with Gasteiger partial charge in [-0.25, -0.2) is 0 Å². The van der Waals surface area contributed by atoms with Gasteiger partial charge in [-0.2, -0.15) is 0 Å². The summed E-state index contributed by atoms with van der Waals surface area (Å²) >= 11 is 0. The number of para-hydroxylation sites is 2. The third-order valence-corrected chi connectivity index (χ3v) is 7.03. The van der Waals surface area contributed by atoms with Gasteiger partial charge < -0.3 is 29.3 Å². The smallest absolute Gasteiger partial charge is 0.259 e. The summed E-state index contributed by atoms with van der Waals surface area (Å²) in [6, 6.07) is 25.5. The molecule has 0 saturated carbocycles. The van der Waals surface area contributed by atoms with Crippen molar-refractivity contribution in [2.45, 2.75) is 25.8 Å². The number of carbonyl (C=O) groups is 1. The molecule has 0 spiro atoms. The molecular weight excluding hydrogens is 532 g/mol. The number of benzene rings is 4. The molecule has 42 heavy (non-hydrogen) atoms. The van der Waals surface area contributed by atoms with Crippen LogP contribution in [0.1, 0.15) is 29.3 Å². The van der Waals surface area contributed by atoms with Crippen molar-refractivity contribution in [3.8, 4) is 17.2 Å². The van der Waals surface area contributed by atoms with Gasteiger partial charge in [0.25, 0.3) is 5.91 Å². The van der Waals surface area contributed by atoms with Crippen molar-refractivity contribution in [2.75, 3.05) is 32.7 Å². The van der Waals surface area contributed by atoms with Gasteiger partial charge in [-0.15, -0.1) is 0 Å². The molecule has 0 fully saturated rings. The van der Waals surface area contributed by atoms with Gasteiger partial charge in [0.2, 0.25) is 5.43 Å². The van der Waals surface area contributed by atoms with E-state index in [1.165, 1.54) is 5.56 Å². The van der Waals surface area contributed by atoms with Crippen LogP contribution < -0.4 is 30.3 Å².